The molecule has 0 N–H and O–H groups in total. The van der Waals surface area contributed by atoms with E-state index in [2.05, 4.69) is 32.0 Å². The van der Waals surface area contributed by atoms with Crippen LogP contribution in [0.15, 0.2) is 42.5 Å². The highest BCUT2D eigenvalue weighted by atomic mass is 35.5. The van der Waals surface area contributed by atoms with Crippen molar-refractivity contribution in [1.29, 1.82) is 0 Å². The molecule has 0 aliphatic carbocycles. The lowest BCUT2D eigenvalue weighted by Crippen LogP contribution is -2.02. The fourth-order valence-corrected chi connectivity index (χ4v) is 2.31. The molecule has 2 heteroatoms. The van der Waals surface area contributed by atoms with Gasteiger partial charge in [0.05, 0.1) is 0 Å². The Labute approximate surface area is 119 Å². The summed E-state index contributed by atoms with van der Waals surface area (Å²) in [5.74, 6) is 0.142. The molecule has 0 radical (unpaired) electrons. The molecule has 0 unspecified atom stereocenters. The lowest BCUT2D eigenvalue weighted by Gasteiger charge is -2.07. The van der Waals surface area contributed by atoms with E-state index in [0.717, 1.165) is 6.42 Å². The van der Waals surface area contributed by atoms with Gasteiger partial charge in [0.1, 0.15) is 0 Å². The van der Waals surface area contributed by atoms with Gasteiger partial charge in [-0.3, -0.25) is 4.79 Å². The number of Topliss-reactive ketones (excluding diaryl/α,β-unsaturated/α-hetero) is 1. The predicted molar refractivity (Wildman–Crippen MR) is 80.0 cm³/mol. The second kappa shape index (κ2) is 6.03. The summed E-state index contributed by atoms with van der Waals surface area (Å²) in [6.45, 7) is 4.15. The minimum absolute atomic E-state index is 0.142. The van der Waals surface area contributed by atoms with E-state index in [1.54, 1.807) is 12.1 Å². The Morgan fingerprint density at radius 2 is 1.89 bits per heavy atom. The Morgan fingerprint density at radius 3 is 2.63 bits per heavy atom. The first kappa shape index (κ1) is 13.8. The molecule has 0 aliphatic heterocycles. The third-order valence-electron chi connectivity index (χ3n) is 3.27. The second-order valence-electron chi connectivity index (χ2n) is 4.86. The van der Waals surface area contributed by atoms with Crippen molar-refractivity contribution in [3.63, 3.8) is 0 Å². The van der Waals surface area contributed by atoms with Crippen LogP contribution in [0.1, 0.15) is 33.5 Å². The Hall–Kier alpha value is -1.60. The molecule has 2 aromatic carbocycles. The van der Waals surface area contributed by atoms with Gasteiger partial charge in [-0.05, 0) is 43.5 Å². The van der Waals surface area contributed by atoms with E-state index in [9.17, 15) is 4.79 Å². The van der Waals surface area contributed by atoms with Gasteiger partial charge < -0.3 is 0 Å². The zero-order valence-corrected chi connectivity index (χ0v) is 12.0. The highest BCUT2D eigenvalue weighted by Gasteiger charge is 2.08. The fraction of sp³-hybridized carbons (Fsp3) is 0.235. The van der Waals surface area contributed by atoms with Crippen LogP contribution in [-0.4, -0.2) is 5.78 Å². The number of halogens is 1. The third-order valence-corrected chi connectivity index (χ3v) is 3.51. The van der Waals surface area contributed by atoms with Crippen LogP contribution in [-0.2, 0) is 6.42 Å². The monoisotopic (exact) mass is 272 g/mol. The third kappa shape index (κ3) is 3.68. The molecule has 0 aromatic heterocycles. The first-order chi connectivity index (χ1) is 9.06. The minimum Gasteiger partial charge on any atom is -0.294 e. The van der Waals surface area contributed by atoms with Crippen LogP contribution in [0.3, 0.4) is 0 Å². The second-order valence-corrected chi connectivity index (χ2v) is 5.30. The smallest absolute Gasteiger partial charge is 0.163 e. The molecule has 0 bridgehead atoms. The molecule has 2 rings (SSSR count). The molecule has 0 heterocycles. The topological polar surface area (TPSA) is 17.1 Å². The summed E-state index contributed by atoms with van der Waals surface area (Å²) in [4.78, 5) is 12.1. The first-order valence-corrected chi connectivity index (χ1v) is 6.79. The molecular formula is C17H17ClO. The van der Waals surface area contributed by atoms with Crippen LogP contribution in [0.25, 0.3) is 0 Å². The molecule has 98 valence electrons. The number of benzene rings is 2. The number of carbonyl (C=O) groups is 1. The van der Waals surface area contributed by atoms with Crippen LogP contribution in [0.2, 0.25) is 5.02 Å². The van der Waals surface area contributed by atoms with E-state index in [0.29, 0.717) is 17.0 Å². The molecular weight excluding hydrogens is 256 g/mol. The summed E-state index contributed by atoms with van der Waals surface area (Å²) in [6.07, 6.45) is 1.30. The number of aryl methyl sites for hydroxylation is 3. The Balaban J connectivity index is 2.06. The van der Waals surface area contributed by atoms with Crippen LogP contribution >= 0.6 is 11.6 Å². The van der Waals surface area contributed by atoms with E-state index >= 15 is 0 Å². The molecule has 19 heavy (non-hydrogen) atoms. The highest BCUT2D eigenvalue weighted by Crippen LogP contribution is 2.16. The van der Waals surface area contributed by atoms with Gasteiger partial charge in [-0.25, -0.2) is 0 Å². The number of hydrogen-bond donors (Lipinski definition) is 0. The van der Waals surface area contributed by atoms with Gasteiger partial charge in [0.15, 0.2) is 5.78 Å². The quantitative estimate of drug-likeness (QED) is 0.733. The summed E-state index contributed by atoms with van der Waals surface area (Å²) in [6, 6.07) is 13.5. The van der Waals surface area contributed by atoms with E-state index in [1.165, 1.54) is 16.7 Å². The van der Waals surface area contributed by atoms with Crippen molar-refractivity contribution in [2.75, 3.05) is 0 Å². The van der Waals surface area contributed by atoms with Crippen LogP contribution in [0.5, 0.6) is 0 Å². The maximum absolute atomic E-state index is 12.1. The number of rotatable bonds is 4. The predicted octanol–water partition coefficient (Wildman–Crippen LogP) is 4.77. The average Bonchev–Trinajstić information content (AvgIpc) is 2.39. The standard InChI is InChI=1S/C17H17ClO/c1-12-6-7-13(2)14(10-12)8-9-17(19)15-4-3-5-16(18)11-15/h3-7,10-11H,8-9H2,1-2H3. The van der Waals surface area contributed by atoms with Crippen LogP contribution in [0.4, 0.5) is 0 Å². The number of carbonyl (C=O) groups excluding carboxylic acids is 1. The maximum Gasteiger partial charge on any atom is 0.163 e. The first-order valence-electron chi connectivity index (χ1n) is 6.41. The molecule has 0 aliphatic rings. The summed E-state index contributed by atoms with van der Waals surface area (Å²) >= 11 is 5.90. The largest absolute Gasteiger partial charge is 0.294 e. The average molecular weight is 273 g/mol. The van der Waals surface area contributed by atoms with Crippen molar-refractivity contribution in [3.8, 4) is 0 Å². The van der Waals surface area contributed by atoms with Gasteiger partial charge in [0.25, 0.3) is 0 Å². The normalized spacial score (nSPS) is 10.5. The van der Waals surface area contributed by atoms with Crippen molar-refractivity contribution in [1.82, 2.24) is 0 Å². The van der Waals surface area contributed by atoms with Gasteiger partial charge in [-0.1, -0.05) is 47.5 Å². The Bertz CT molecular complexity index is 602. The van der Waals surface area contributed by atoms with E-state index in [1.807, 2.05) is 12.1 Å². The van der Waals surface area contributed by atoms with Gasteiger partial charge in [0, 0.05) is 17.0 Å². The van der Waals surface area contributed by atoms with E-state index < -0.39 is 0 Å². The lowest BCUT2D eigenvalue weighted by molar-refractivity contribution is 0.0983. The molecule has 0 atom stereocenters. The van der Waals surface area contributed by atoms with Gasteiger partial charge in [-0.15, -0.1) is 0 Å². The van der Waals surface area contributed by atoms with Crippen LogP contribution < -0.4 is 0 Å². The van der Waals surface area contributed by atoms with Crippen LogP contribution in [0, 0.1) is 13.8 Å². The zero-order valence-electron chi connectivity index (χ0n) is 11.2. The van der Waals surface area contributed by atoms with Crippen molar-refractivity contribution >= 4 is 17.4 Å². The minimum atomic E-state index is 0.142. The summed E-state index contributed by atoms with van der Waals surface area (Å²) in [7, 11) is 0. The Morgan fingerprint density at radius 1 is 1.11 bits per heavy atom. The number of hydrogen-bond acceptors (Lipinski definition) is 1. The summed E-state index contributed by atoms with van der Waals surface area (Å²) < 4.78 is 0. The Kier molecular flexibility index (Phi) is 4.39. The summed E-state index contributed by atoms with van der Waals surface area (Å²) in [5, 5.41) is 0.609. The number of ketones is 1. The van der Waals surface area contributed by atoms with Crippen molar-refractivity contribution < 1.29 is 4.79 Å². The molecule has 0 saturated carbocycles. The highest BCUT2D eigenvalue weighted by molar-refractivity contribution is 6.31. The SMILES string of the molecule is Cc1ccc(C)c(CCC(=O)c2cccc(Cl)c2)c1. The fourth-order valence-electron chi connectivity index (χ4n) is 2.12. The molecule has 0 saturated heterocycles. The maximum atomic E-state index is 12.1. The molecule has 1 nitrogen and oxygen atoms in total. The molecule has 0 fully saturated rings. The zero-order chi connectivity index (χ0) is 13.8. The van der Waals surface area contributed by atoms with Crippen molar-refractivity contribution in [3.05, 3.63) is 69.7 Å². The van der Waals surface area contributed by atoms with Gasteiger partial charge >= 0.3 is 0 Å². The van der Waals surface area contributed by atoms with Gasteiger partial charge in [0.2, 0.25) is 0 Å². The van der Waals surface area contributed by atoms with E-state index in [-0.39, 0.29) is 5.78 Å². The van der Waals surface area contributed by atoms with Crippen molar-refractivity contribution in [2.24, 2.45) is 0 Å². The van der Waals surface area contributed by atoms with Crippen molar-refractivity contribution in [2.45, 2.75) is 26.7 Å². The van der Waals surface area contributed by atoms with E-state index in [4.69, 9.17) is 11.6 Å². The lowest BCUT2D eigenvalue weighted by atomic mass is 9.98. The molecule has 0 spiro atoms. The summed E-state index contributed by atoms with van der Waals surface area (Å²) in [5.41, 5.74) is 4.41. The molecule has 2 aromatic rings. The molecule has 0 amide bonds. The van der Waals surface area contributed by atoms with Gasteiger partial charge in [-0.2, -0.15) is 0 Å².